The number of hydrogen-bond acceptors (Lipinski definition) is 3. The van der Waals surface area contributed by atoms with Gasteiger partial charge in [0, 0.05) is 19.6 Å². The summed E-state index contributed by atoms with van der Waals surface area (Å²) < 4.78 is 5.29. The monoisotopic (exact) mass is 296 g/mol. The first-order valence-electron chi connectivity index (χ1n) is 8.01. The summed E-state index contributed by atoms with van der Waals surface area (Å²) in [4.78, 5) is 27.8. The van der Waals surface area contributed by atoms with Gasteiger partial charge in [0.05, 0.1) is 0 Å². The molecule has 0 aromatic rings. The smallest absolute Gasteiger partial charge is 0.410 e. The van der Waals surface area contributed by atoms with E-state index >= 15 is 0 Å². The van der Waals surface area contributed by atoms with Crippen LogP contribution in [0.5, 0.6) is 0 Å². The van der Waals surface area contributed by atoms with Crippen LogP contribution >= 0.6 is 0 Å². The Kier molecular flexibility index (Phi) is 4.79. The van der Waals surface area contributed by atoms with Crippen LogP contribution in [0.2, 0.25) is 0 Å². The van der Waals surface area contributed by atoms with Crippen LogP contribution < -0.4 is 0 Å². The van der Waals surface area contributed by atoms with Crippen LogP contribution in [0.3, 0.4) is 0 Å². The van der Waals surface area contributed by atoms with Crippen molar-refractivity contribution in [2.24, 2.45) is 5.92 Å². The third-order valence-corrected chi connectivity index (χ3v) is 4.41. The maximum atomic E-state index is 12.5. The molecule has 2 fully saturated rings. The molecule has 0 bridgehead atoms. The first kappa shape index (κ1) is 16.1. The Balaban J connectivity index is 1.87. The summed E-state index contributed by atoms with van der Waals surface area (Å²) in [7, 11) is 1.63. The SMILES string of the molecule is CN(CC(=O)N1CC[C@H]2CCCC[C@@H]21)C(=O)OC(C)(C)C. The summed E-state index contributed by atoms with van der Waals surface area (Å²) in [6, 6.07) is 0.401. The van der Waals surface area contributed by atoms with Gasteiger partial charge in [-0.05, 0) is 46.0 Å². The maximum absolute atomic E-state index is 12.5. The summed E-state index contributed by atoms with van der Waals surface area (Å²) in [5.41, 5.74) is -0.531. The number of ether oxygens (including phenoxy) is 1. The quantitative estimate of drug-likeness (QED) is 0.787. The minimum absolute atomic E-state index is 0.0535. The third-order valence-electron chi connectivity index (χ3n) is 4.41. The number of amides is 2. The first-order chi connectivity index (χ1) is 9.78. The molecular weight excluding hydrogens is 268 g/mol. The van der Waals surface area contributed by atoms with Gasteiger partial charge in [-0.3, -0.25) is 4.79 Å². The topological polar surface area (TPSA) is 49.9 Å². The number of carbonyl (C=O) groups excluding carboxylic acids is 2. The molecule has 0 spiro atoms. The van der Waals surface area contributed by atoms with E-state index in [0.29, 0.717) is 12.0 Å². The summed E-state index contributed by atoms with van der Waals surface area (Å²) >= 11 is 0. The van der Waals surface area contributed by atoms with E-state index in [-0.39, 0.29) is 12.5 Å². The molecule has 2 amide bonds. The summed E-state index contributed by atoms with van der Waals surface area (Å²) in [5.74, 6) is 0.729. The number of likely N-dealkylation sites (tertiary alicyclic amines) is 1. The van der Waals surface area contributed by atoms with Crippen LogP contribution in [-0.2, 0) is 9.53 Å². The number of nitrogens with zero attached hydrogens (tertiary/aromatic N) is 2. The van der Waals surface area contributed by atoms with Gasteiger partial charge >= 0.3 is 6.09 Å². The molecule has 1 aliphatic carbocycles. The van der Waals surface area contributed by atoms with Crippen LogP contribution in [0.25, 0.3) is 0 Å². The average molecular weight is 296 g/mol. The molecule has 0 aromatic carbocycles. The molecule has 0 unspecified atom stereocenters. The molecule has 21 heavy (non-hydrogen) atoms. The van der Waals surface area contributed by atoms with E-state index in [0.717, 1.165) is 19.4 Å². The highest BCUT2D eigenvalue weighted by atomic mass is 16.6. The fraction of sp³-hybridized carbons (Fsp3) is 0.875. The van der Waals surface area contributed by atoms with Crippen molar-refractivity contribution >= 4 is 12.0 Å². The minimum atomic E-state index is -0.531. The van der Waals surface area contributed by atoms with E-state index in [9.17, 15) is 9.59 Å². The molecule has 0 N–H and O–H groups in total. The maximum Gasteiger partial charge on any atom is 0.410 e. The average Bonchev–Trinajstić information content (AvgIpc) is 2.80. The Hall–Kier alpha value is -1.26. The van der Waals surface area contributed by atoms with Crippen molar-refractivity contribution in [3.63, 3.8) is 0 Å². The highest BCUT2D eigenvalue weighted by Crippen LogP contribution is 2.36. The van der Waals surface area contributed by atoms with Gasteiger partial charge in [-0.15, -0.1) is 0 Å². The van der Waals surface area contributed by atoms with Crippen molar-refractivity contribution in [1.29, 1.82) is 0 Å². The van der Waals surface area contributed by atoms with Crippen molar-refractivity contribution in [3.8, 4) is 0 Å². The van der Waals surface area contributed by atoms with E-state index in [2.05, 4.69) is 0 Å². The van der Waals surface area contributed by atoms with Gasteiger partial charge in [0.15, 0.2) is 0 Å². The Labute approximate surface area is 127 Å². The molecule has 0 aromatic heterocycles. The van der Waals surface area contributed by atoms with E-state index < -0.39 is 11.7 Å². The molecule has 120 valence electrons. The number of fused-ring (bicyclic) bond motifs is 1. The van der Waals surface area contributed by atoms with Gasteiger partial charge in [-0.2, -0.15) is 0 Å². The van der Waals surface area contributed by atoms with Crippen LogP contribution in [0.15, 0.2) is 0 Å². The summed E-state index contributed by atoms with van der Waals surface area (Å²) in [6.07, 6.45) is 5.55. The zero-order valence-corrected chi connectivity index (χ0v) is 13.7. The normalized spacial score (nSPS) is 25.4. The number of carbonyl (C=O) groups is 2. The molecule has 1 heterocycles. The molecule has 2 atom stereocenters. The molecule has 2 aliphatic rings. The lowest BCUT2D eigenvalue weighted by Crippen LogP contribution is -2.46. The second-order valence-electron chi connectivity index (χ2n) is 7.32. The molecule has 2 rings (SSSR count). The first-order valence-corrected chi connectivity index (χ1v) is 8.01. The Bertz CT molecular complexity index is 403. The Morgan fingerprint density at radius 2 is 1.86 bits per heavy atom. The lowest BCUT2D eigenvalue weighted by molar-refractivity contribution is -0.133. The van der Waals surface area contributed by atoms with E-state index in [1.54, 1.807) is 7.05 Å². The van der Waals surface area contributed by atoms with Gasteiger partial charge in [0.2, 0.25) is 5.91 Å². The largest absolute Gasteiger partial charge is 0.444 e. The van der Waals surface area contributed by atoms with E-state index in [1.165, 1.54) is 24.2 Å². The second kappa shape index (κ2) is 6.24. The van der Waals surface area contributed by atoms with Crippen molar-refractivity contribution in [3.05, 3.63) is 0 Å². The highest BCUT2D eigenvalue weighted by Gasteiger charge is 2.38. The molecule has 0 radical (unpaired) electrons. The van der Waals surface area contributed by atoms with Crippen molar-refractivity contribution in [2.45, 2.75) is 64.5 Å². The fourth-order valence-corrected chi connectivity index (χ4v) is 3.41. The minimum Gasteiger partial charge on any atom is -0.444 e. The zero-order chi connectivity index (χ0) is 15.6. The summed E-state index contributed by atoms with van der Waals surface area (Å²) in [6.45, 7) is 6.43. The Morgan fingerprint density at radius 3 is 2.52 bits per heavy atom. The molecule has 5 heteroatoms. The van der Waals surface area contributed by atoms with Gasteiger partial charge in [-0.1, -0.05) is 12.8 Å². The predicted octanol–water partition coefficient (Wildman–Crippen LogP) is 2.64. The van der Waals surface area contributed by atoms with Crippen LogP contribution in [-0.4, -0.2) is 53.6 Å². The lowest BCUT2D eigenvalue weighted by Gasteiger charge is -2.33. The molecular formula is C16H28N2O3. The summed E-state index contributed by atoms with van der Waals surface area (Å²) in [5, 5.41) is 0. The predicted molar refractivity (Wildman–Crippen MR) is 80.9 cm³/mol. The number of likely N-dealkylation sites (N-methyl/N-ethyl adjacent to an activating group) is 1. The zero-order valence-electron chi connectivity index (χ0n) is 13.7. The molecule has 1 saturated carbocycles. The molecule has 5 nitrogen and oxygen atoms in total. The van der Waals surface area contributed by atoms with Gasteiger partial charge in [0.1, 0.15) is 12.1 Å². The van der Waals surface area contributed by atoms with Crippen molar-refractivity contribution < 1.29 is 14.3 Å². The second-order valence-corrected chi connectivity index (χ2v) is 7.32. The molecule has 1 saturated heterocycles. The van der Waals surface area contributed by atoms with Gasteiger partial charge in [0.25, 0.3) is 0 Å². The van der Waals surface area contributed by atoms with E-state index in [4.69, 9.17) is 4.74 Å². The number of hydrogen-bond donors (Lipinski definition) is 0. The Morgan fingerprint density at radius 1 is 1.19 bits per heavy atom. The van der Waals surface area contributed by atoms with Crippen molar-refractivity contribution in [1.82, 2.24) is 9.80 Å². The lowest BCUT2D eigenvalue weighted by atomic mass is 9.85. The van der Waals surface area contributed by atoms with Crippen molar-refractivity contribution in [2.75, 3.05) is 20.1 Å². The third kappa shape index (κ3) is 4.11. The molecule has 1 aliphatic heterocycles. The fourth-order valence-electron chi connectivity index (χ4n) is 3.41. The van der Waals surface area contributed by atoms with Gasteiger partial charge in [-0.25, -0.2) is 4.79 Å². The standard InChI is InChI=1S/C16H28N2O3/c1-16(2,3)21-15(20)17(4)11-14(19)18-10-9-12-7-5-6-8-13(12)18/h12-13H,5-11H2,1-4H3/t12-,13+/m1/s1. The van der Waals surface area contributed by atoms with Gasteiger partial charge < -0.3 is 14.5 Å². The van der Waals surface area contributed by atoms with Crippen LogP contribution in [0, 0.1) is 5.92 Å². The highest BCUT2D eigenvalue weighted by molar-refractivity contribution is 5.82. The number of rotatable bonds is 2. The van der Waals surface area contributed by atoms with Crippen LogP contribution in [0.1, 0.15) is 52.9 Å². The van der Waals surface area contributed by atoms with E-state index in [1.807, 2.05) is 25.7 Å². The van der Waals surface area contributed by atoms with Crippen LogP contribution in [0.4, 0.5) is 4.79 Å².